The van der Waals surface area contributed by atoms with Gasteiger partial charge in [0, 0.05) is 0 Å². The van der Waals surface area contributed by atoms with Crippen molar-refractivity contribution in [2.24, 2.45) is 0 Å². The average Bonchev–Trinajstić information content (AvgIpc) is 2.84. The van der Waals surface area contributed by atoms with E-state index in [-0.39, 0.29) is 47.6 Å². The smallest absolute Gasteiger partial charge is 1.00 e. The van der Waals surface area contributed by atoms with Crippen molar-refractivity contribution in [2.45, 2.75) is 39.5 Å². The fourth-order valence-electron chi connectivity index (χ4n) is 2.19. The Balaban J connectivity index is 0.00000144. The van der Waals surface area contributed by atoms with E-state index in [1.807, 2.05) is 3.28 Å². The van der Waals surface area contributed by atoms with E-state index in [9.17, 15) is 0 Å². The molecule has 0 spiro atoms. The van der Waals surface area contributed by atoms with Crippen LogP contribution < -0.4 is 24.8 Å². The summed E-state index contributed by atoms with van der Waals surface area (Å²) in [6, 6.07) is 0. The van der Waals surface area contributed by atoms with Crippen molar-refractivity contribution in [3.63, 3.8) is 0 Å². The molecule has 0 aromatic carbocycles. The molecule has 2 rings (SSSR count). The third-order valence-corrected chi connectivity index (χ3v) is 6.25. The van der Waals surface area contributed by atoms with E-state index in [0.717, 1.165) is 0 Å². The molecule has 0 amide bonds. The number of hydrogen-bond donors (Lipinski definition) is 0. The van der Waals surface area contributed by atoms with Crippen molar-refractivity contribution in [3.05, 3.63) is 44.8 Å². The largest absolute Gasteiger partial charge is 1.00 e. The van der Waals surface area contributed by atoms with Crippen molar-refractivity contribution in [1.29, 1.82) is 0 Å². The van der Waals surface area contributed by atoms with Crippen LogP contribution in [0.5, 0.6) is 0 Å². The second kappa shape index (κ2) is 9.24. The van der Waals surface area contributed by atoms with E-state index in [0.29, 0.717) is 0 Å². The first-order valence-electron chi connectivity index (χ1n) is 6.06. The van der Waals surface area contributed by atoms with Crippen molar-refractivity contribution in [2.75, 3.05) is 0 Å². The summed E-state index contributed by atoms with van der Waals surface area (Å²) in [4.78, 5) is 0. The van der Waals surface area contributed by atoms with Crippen LogP contribution in [0.1, 0.15) is 39.5 Å². The Labute approximate surface area is 134 Å². The van der Waals surface area contributed by atoms with Gasteiger partial charge in [-0.25, -0.2) is 0 Å². The number of halogens is 2. The summed E-state index contributed by atoms with van der Waals surface area (Å²) >= 11 is -0.351. The summed E-state index contributed by atoms with van der Waals surface area (Å²) in [6.07, 6.45) is 16.4. The molecule has 97 valence electrons. The Morgan fingerprint density at radius 3 is 2.50 bits per heavy atom. The third kappa shape index (κ3) is 5.51. The van der Waals surface area contributed by atoms with Crippen molar-refractivity contribution < 1.29 is 47.6 Å². The van der Waals surface area contributed by atoms with Gasteiger partial charge in [0.25, 0.3) is 0 Å². The fourth-order valence-corrected chi connectivity index (χ4v) is 5.12. The molecule has 0 aromatic rings. The molecule has 0 radical (unpaired) electrons. The average molecular weight is 361 g/mol. The molecule has 0 aromatic heterocycles. The maximum atomic E-state index is 2.38. The predicted molar refractivity (Wildman–Crippen MR) is 68.2 cm³/mol. The molecule has 0 heterocycles. The minimum absolute atomic E-state index is 0. The minimum Gasteiger partial charge on any atom is -1.00 e. The van der Waals surface area contributed by atoms with Crippen LogP contribution in [0.3, 0.4) is 0 Å². The normalized spacial score (nSPS) is 16.0. The van der Waals surface area contributed by atoms with E-state index in [1.165, 1.54) is 25.7 Å². The van der Waals surface area contributed by atoms with Crippen LogP contribution >= 0.6 is 0 Å². The van der Waals surface area contributed by atoms with Crippen LogP contribution in [-0.2, 0) is 22.8 Å². The van der Waals surface area contributed by atoms with Gasteiger partial charge in [-0.15, -0.1) is 0 Å². The molecule has 18 heavy (non-hydrogen) atoms. The van der Waals surface area contributed by atoms with Gasteiger partial charge in [0.2, 0.25) is 0 Å². The topological polar surface area (TPSA) is 0 Å². The maximum Gasteiger partial charge on any atom is -1.00 e. The monoisotopic (exact) mass is 359 g/mol. The molecule has 0 N–H and O–H groups in total. The third-order valence-electron chi connectivity index (χ3n) is 2.99. The Morgan fingerprint density at radius 1 is 1.11 bits per heavy atom. The molecule has 2 aliphatic carbocycles. The molecule has 2 aliphatic rings. The summed E-state index contributed by atoms with van der Waals surface area (Å²) in [5.74, 6) is 0. The molecule has 0 aliphatic heterocycles. The number of hydrogen-bond acceptors (Lipinski definition) is 0. The molecule has 3 heteroatoms. The molecule has 0 saturated carbocycles. The van der Waals surface area contributed by atoms with Crippen LogP contribution in [-0.4, -0.2) is 3.21 Å². The zero-order valence-electron chi connectivity index (χ0n) is 11.0. The van der Waals surface area contributed by atoms with Crippen LogP contribution in [0.4, 0.5) is 0 Å². The number of rotatable bonds is 4. The molecule has 0 saturated heterocycles. The van der Waals surface area contributed by atoms with Gasteiger partial charge < -0.3 is 24.8 Å². The second-order valence-electron chi connectivity index (χ2n) is 4.69. The summed E-state index contributed by atoms with van der Waals surface area (Å²) in [7, 11) is 0. The van der Waals surface area contributed by atoms with Gasteiger partial charge >= 0.3 is 110 Å². The van der Waals surface area contributed by atoms with Gasteiger partial charge in [-0.05, 0) is 0 Å². The van der Waals surface area contributed by atoms with Crippen LogP contribution in [0.25, 0.3) is 0 Å². The molecule has 0 nitrogen and oxygen atoms in total. The van der Waals surface area contributed by atoms with Crippen LogP contribution in [0.2, 0.25) is 0 Å². The van der Waals surface area contributed by atoms with E-state index >= 15 is 0 Å². The molecule has 0 fully saturated rings. The van der Waals surface area contributed by atoms with Gasteiger partial charge in [0.1, 0.15) is 0 Å². The summed E-state index contributed by atoms with van der Waals surface area (Å²) in [6.45, 7) is 4.61. The van der Waals surface area contributed by atoms with E-state index in [1.54, 1.807) is 14.4 Å². The quantitative estimate of drug-likeness (QED) is 0.553. The van der Waals surface area contributed by atoms with Gasteiger partial charge in [-0.1, -0.05) is 0 Å². The fraction of sp³-hybridized carbons (Fsp3) is 0.400. The minimum atomic E-state index is -0.351. The molecular weight excluding hydrogens is 342 g/mol. The predicted octanol–water partition coefficient (Wildman–Crippen LogP) is -1.83. The van der Waals surface area contributed by atoms with Gasteiger partial charge in [0.15, 0.2) is 0 Å². The van der Waals surface area contributed by atoms with E-state index < -0.39 is 0 Å². The SMILES string of the molecule is C[C](C)=[Zr+2][C]1=C(CCC2=CC=CC2)C=CC1.[Cl-].[Cl-]. The Hall–Kier alpha value is 0.293. The Bertz CT molecular complexity index is 422. The van der Waals surface area contributed by atoms with E-state index in [4.69, 9.17) is 0 Å². The van der Waals surface area contributed by atoms with Crippen molar-refractivity contribution in [3.8, 4) is 0 Å². The first kappa shape index (κ1) is 18.3. The van der Waals surface area contributed by atoms with Crippen molar-refractivity contribution in [1.82, 2.24) is 0 Å². The molecule has 0 atom stereocenters. The molecule has 0 unspecified atom stereocenters. The summed E-state index contributed by atoms with van der Waals surface area (Å²) in [5.41, 5.74) is 3.27. The number of allylic oxidation sites excluding steroid dienone is 8. The second-order valence-corrected chi connectivity index (χ2v) is 9.25. The zero-order chi connectivity index (χ0) is 11.4. The molecule has 0 bridgehead atoms. The van der Waals surface area contributed by atoms with E-state index in [2.05, 4.69) is 44.2 Å². The zero-order valence-corrected chi connectivity index (χ0v) is 14.9. The van der Waals surface area contributed by atoms with Gasteiger partial charge in [0.05, 0.1) is 0 Å². The summed E-state index contributed by atoms with van der Waals surface area (Å²) in [5, 5.41) is 0. The van der Waals surface area contributed by atoms with Crippen molar-refractivity contribution >= 4 is 3.21 Å². The van der Waals surface area contributed by atoms with Gasteiger partial charge in [-0.3, -0.25) is 0 Å². The first-order valence-corrected chi connectivity index (χ1v) is 8.52. The van der Waals surface area contributed by atoms with Crippen LogP contribution in [0, 0.1) is 0 Å². The standard InChI is InChI=1S/C12H13.C3H6.2ClH.Zr/c1-2-6-11(5-1)9-10-12-7-3-4-8-12;1-3-2;;;/h1-3,5,7H,4,6,9-10H2;1-2H3;2*1H;/q;;;;+2/p-2. The van der Waals surface area contributed by atoms with Gasteiger partial charge in [-0.2, -0.15) is 0 Å². The van der Waals surface area contributed by atoms with Crippen LogP contribution in [0.15, 0.2) is 44.8 Å². The Kier molecular flexibility index (Phi) is 9.39. The molecular formula is C15H19Cl2Zr. The Morgan fingerprint density at radius 2 is 1.89 bits per heavy atom. The first-order chi connectivity index (χ1) is 7.75. The maximum absolute atomic E-state index is 2.38. The summed E-state index contributed by atoms with van der Waals surface area (Å²) < 4.78 is 3.51.